The highest BCUT2D eigenvalue weighted by atomic mass is 19.3. The SMILES string of the molecule is C[C@@H](OC(F)F)[C@@H](C(=O)O)N(C)C(=O)OC(C)(C)C. The standard InChI is InChI=1S/C11H19F2NO5/c1-6(18-9(12)13)7(8(15)16)14(5)10(17)19-11(2,3)4/h6-7,9H,1-5H3,(H,15,16)/t6-,7+/m1/s1. The molecule has 0 spiro atoms. The molecule has 0 saturated carbocycles. The summed E-state index contributed by atoms with van der Waals surface area (Å²) < 4.78 is 33.3. The van der Waals surface area contributed by atoms with Gasteiger partial charge in [0.25, 0.3) is 0 Å². The fourth-order valence-electron chi connectivity index (χ4n) is 1.37. The maximum absolute atomic E-state index is 12.1. The lowest BCUT2D eigenvalue weighted by molar-refractivity contribution is -0.181. The number of hydrogen-bond donors (Lipinski definition) is 1. The second-order valence-electron chi connectivity index (χ2n) is 4.98. The molecule has 19 heavy (non-hydrogen) atoms. The second-order valence-corrected chi connectivity index (χ2v) is 4.98. The molecule has 0 aromatic rings. The first kappa shape index (κ1) is 17.6. The molecule has 0 aromatic heterocycles. The maximum atomic E-state index is 12.1. The van der Waals surface area contributed by atoms with Crippen LogP contribution in [0.4, 0.5) is 13.6 Å². The number of carboxylic acid groups (broad SMARTS) is 1. The number of ether oxygens (including phenoxy) is 2. The van der Waals surface area contributed by atoms with Gasteiger partial charge in [-0.1, -0.05) is 0 Å². The number of carboxylic acids is 1. The molecule has 1 amide bonds. The molecule has 0 fully saturated rings. The summed E-state index contributed by atoms with van der Waals surface area (Å²) in [6.45, 7) is 2.84. The van der Waals surface area contributed by atoms with Crippen LogP contribution in [0.25, 0.3) is 0 Å². The van der Waals surface area contributed by atoms with Gasteiger partial charge in [0.2, 0.25) is 0 Å². The van der Waals surface area contributed by atoms with Crippen LogP contribution in [0, 0.1) is 0 Å². The first-order valence-corrected chi connectivity index (χ1v) is 5.58. The quantitative estimate of drug-likeness (QED) is 0.834. The molecular weight excluding hydrogens is 264 g/mol. The first-order valence-electron chi connectivity index (χ1n) is 5.58. The Morgan fingerprint density at radius 2 is 1.74 bits per heavy atom. The van der Waals surface area contributed by atoms with Crippen LogP contribution in [0.1, 0.15) is 27.7 Å². The van der Waals surface area contributed by atoms with Crippen LogP contribution in [0.5, 0.6) is 0 Å². The third-order valence-corrected chi connectivity index (χ3v) is 2.11. The minimum atomic E-state index is -3.12. The molecule has 0 aromatic carbocycles. The summed E-state index contributed by atoms with van der Waals surface area (Å²) in [5, 5.41) is 9.00. The van der Waals surface area contributed by atoms with Gasteiger partial charge in [-0.3, -0.25) is 4.90 Å². The highest BCUT2D eigenvalue weighted by Crippen LogP contribution is 2.15. The van der Waals surface area contributed by atoms with E-state index in [9.17, 15) is 18.4 Å². The molecule has 0 aliphatic rings. The van der Waals surface area contributed by atoms with Gasteiger partial charge in [-0.25, -0.2) is 9.59 Å². The fourth-order valence-corrected chi connectivity index (χ4v) is 1.37. The minimum Gasteiger partial charge on any atom is -0.480 e. The van der Waals surface area contributed by atoms with Crippen molar-refractivity contribution in [2.75, 3.05) is 7.05 Å². The molecule has 1 N–H and O–H groups in total. The number of halogens is 2. The van der Waals surface area contributed by atoms with E-state index in [1.165, 1.54) is 0 Å². The molecule has 6 nitrogen and oxygen atoms in total. The Morgan fingerprint density at radius 1 is 1.26 bits per heavy atom. The number of rotatable bonds is 5. The first-order chi connectivity index (χ1) is 8.45. The van der Waals surface area contributed by atoms with Crippen molar-refractivity contribution in [1.82, 2.24) is 4.90 Å². The summed E-state index contributed by atoms with van der Waals surface area (Å²) >= 11 is 0. The zero-order valence-electron chi connectivity index (χ0n) is 11.5. The molecule has 112 valence electrons. The third kappa shape index (κ3) is 6.32. The zero-order valence-corrected chi connectivity index (χ0v) is 11.5. The van der Waals surface area contributed by atoms with E-state index < -0.39 is 36.4 Å². The van der Waals surface area contributed by atoms with Gasteiger partial charge in [-0.2, -0.15) is 8.78 Å². The van der Waals surface area contributed by atoms with Gasteiger partial charge in [-0.05, 0) is 27.7 Å². The van der Waals surface area contributed by atoms with Gasteiger partial charge >= 0.3 is 18.7 Å². The Morgan fingerprint density at radius 3 is 2.05 bits per heavy atom. The lowest BCUT2D eigenvalue weighted by Gasteiger charge is -2.31. The molecule has 0 heterocycles. The lowest BCUT2D eigenvalue weighted by Crippen LogP contribution is -2.51. The Labute approximate surface area is 110 Å². The van der Waals surface area contributed by atoms with Gasteiger partial charge in [0.15, 0.2) is 6.04 Å². The Balaban J connectivity index is 4.89. The highest BCUT2D eigenvalue weighted by Gasteiger charge is 2.36. The molecular formula is C11H19F2NO5. The van der Waals surface area contributed by atoms with Crippen molar-refractivity contribution in [3.63, 3.8) is 0 Å². The number of likely N-dealkylation sites (N-methyl/N-ethyl adjacent to an activating group) is 1. The number of carbonyl (C=O) groups excluding carboxylic acids is 1. The van der Waals surface area contributed by atoms with E-state index in [1.54, 1.807) is 20.8 Å². The van der Waals surface area contributed by atoms with Gasteiger partial charge in [-0.15, -0.1) is 0 Å². The molecule has 8 heteroatoms. The number of carbonyl (C=O) groups is 2. The van der Waals surface area contributed by atoms with Crippen molar-refractivity contribution in [3.8, 4) is 0 Å². The molecule has 0 aliphatic carbocycles. The smallest absolute Gasteiger partial charge is 0.410 e. The molecule has 2 atom stereocenters. The molecule has 0 rings (SSSR count). The number of aliphatic carboxylic acids is 1. The highest BCUT2D eigenvalue weighted by molar-refractivity contribution is 5.80. The average Bonchev–Trinajstić information content (AvgIpc) is 2.12. The number of alkyl halides is 2. The van der Waals surface area contributed by atoms with Gasteiger partial charge in [0, 0.05) is 7.05 Å². The number of amides is 1. The van der Waals surface area contributed by atoms with Crippen LogP contribution in [-0.4, -0.2) is 53.5 Å². The maximum Gasteiger partial charge on any atom is 0.410 e. The molecule has 0 radical (unpaired) electrons. The van der Waals surface area contributed by atoms with E-state index in [0.717, 1.165) is 18.9 Å². The summed E-state index contributed by atoms with van der Waals surface area (Å²) in [6, 6.07) is -1.57. The average molecular weight is 283 g/mol. The van der Waals surface area contributed by atoms with Gasteiger partial charge in [0.1, 0.15) is 5.60 Å². The predicted octanol–water partition coefficient (Wildman–Crippen LogP) is 1.93. The van der Waals surface area contributed by atoms with E-state index in [-0.39, 0.29) is 0 Å². The van der Waals surface area contributed by atoms with E-state index in [1.807, 2.05) is 0 Å². The summed E-state index contributed by atoms with van der Waals surface area (Å²) in [4.78, 5) is 23.5. The van der Waals surface area contributed by atoms with Crippen LogP contribution < -0.4 is 0 Å². The monoisotopic (exact) mass is 283 g/mol. The van der Waals surface area contributed by atoms with Crippen molar-refractivity contribution in [3.05, 3.63) is 0 Å². The Hall–Kier alpha value is -1.44. The fraction of sp³-hybridized carbons (Fsp3) is 0.818. The summed E-state index contributed by atoms with van der Waals surface area (Å²) in [7, 11) is 1.15. The van der Waals surface area contributed by atoms with Crippen molar-refractivity contribution >= 4 is 12.1 Å². The van der Waals surface area contributed by atoms with Crippen LogP contribution in [-0.2, 0) is 14.3 Å². The van der Waals surface area contributed by atoms with Crippen LogP contribution in [0.15, 0.2) is 0 Å². The van der Waals surface area contributed by atoms with E-state index >= 15 is 0 Å². The molecule has 0 saturated heterocycles. The lowest BCUT2D eigenvalue weighted by atomic mass is 10.1. The molecule has 0 bridgehead atoms. The second kappa shape index (κ2) is 6.65. The normalized spacial score (nSPS) is 14.9. The van der Waals surface area contributed by atoms with Crippen molar-refractivity contribution in [1.29, 1.82) is 0 Å². The van der Waals surface area contributed by atoms with E-state index in [0.29, 0.717) is 0 Å². The molecule has 0 unspecified atom stereocenters. The van der Waals surface area contributed by atoms with Gasteiger partial charge < -0.3 is 14.6 Å². The number of hydrogen-bond acceptors (Lipinski definition) is 4. The van der Waals surface area contributed by atoms with E-state index in [2.05, 4.69) is 4.74 Å². The van der Waals surface area contributed by atoms with Gasteiger partial charge in [0.05, 0.1) is 6.10 Å². The summed E-state index contributed by atoms with van der Waals surface area (Å²) in [5.41, 5.74) is -0.818. The van der Waals surface area contributed by atoms with Crippen LogP contribution >= 0.6 is 0 Å². The minimum absolute atomic E-state index is 0.723. The number of nitrogens with zero attached hydrogens (tertiary/aromatic N) is 1. The molecule has 0 aliphatic heterocycles. The zero-order chi connectivity index (χ0) is 15.4. The van der Waals surface area contributed by atoms with Crippen molar-refractivity contribution in [2.45, 2.75) is 52.1 Å². The Kier molecular flexibility index (Phi) is 6.14. The third-order valence-electron chi connectivity index (χ3n) is 2.11. The topological polar surface area (TPSA) is 76.1 Å². The Bertz CT molecular complexity index is 330. The predicted molar refractivity (Wildman–Crippen MR) is 62.0 cm³/mol. The summed E-state index contributed by atoms with van der Waals surface area (Å²) in [5.74, 6) is -1.46. The van der Waals surface area contributed by atoms with Crippen molar-refractivity contribution in [2.24, 2.45) is 0 Å². The van der Waals surface area contributed by atoms with E-state index in [4.69, 9.17) is 9.84 Å². The van der Waals surface area contributed by atoms with Crippen LogP contribution in [0.3, 0.4) is 0 Å². The largest absolute Gasteiger partial charge is 0.480 e. The van der Waals surface area contributed by atoms with Crippen molar-refractivity contribution < 1.29 is 33.0 Å². The van der Waals surface area contributed by atoms with Crippen LogP contribution in [0.2, 0.25) is 0 Å². The summed E-state index contributed by atoms with van der Waals surface area (Å²) in [6.07, 6.45) is -2.31.